The zero-order chi connectivity index (χ0) is 14.1. The molecule has 1 aromatic rings. The lowest BCUT2D eigenvalue weighted by Crippen LogP contribution is -2.20. The molecule has 0 aliphatic carbocycles. The van der Waals surface area contributed by atoms with Gasteiger partial charge in [0.2, 0.25) is 0 Å². The molecule has 0 saturated heterocycles. The van der Waals surface area contributed by atoms with E-state index in [4.69, 9.17) is 5.10 Å². The van der Waals surface area contributed by atoms with E-state index in [1.807, 2.05) is 0 Å². The quantitative estimate of drug-likeness (QED) is 0.652. The van der Waals surface area contributed by atoms with Crippen LogP contribution in [-0.2, 0) is 6.42 Å². The van der Waals surface area contributed by atoms with Crippen LogP contribution in [0.4, 0.5) is 0 Å². The molecule has 3 nitrogen and oxygen atoms in total. The van der Waals surface area contributed by atoms with Crippen molar-refractivity contribution >= 4 is 0 Å². The first-order chi connectivity index (χ1) is 9.17. The minimum absolute atomic E-state index is 0.571. The van der Waals surface area contributed by atoms with Crippen LogP contribution in [0.15, 0.2) is 12.3 Å². The van der Waals surface area contributed by atoms with Gasteiger partial charge in [-0.3, -0.25) is 4.68 Å². The van der Waals surface area contributed by atoms with Gasteiger partial charge < -0.3 is 5.32 Å². The molecule has 1 N–H and O–H groups in total. The van der Waals surface area contributed by atoms with Crippen LogP contribution in [0.2, 0.25) is 0 Å². The highest BCUT2D eigenvalue weighted by molar-refractivity contribution is 4.99. The summed E-state index contributed by atoms with van der Waals surface area (Å²) in [6.45, 7) is 11.2. The van der Waals surface area contributed by atoms with Crippen LogP contribution in [0.5, 0.6) is 0 Å². The molecule has 0 bridgehead atoms. The van der Waals surface area contributed by atoms with E-state index >= 15 is 0 Å². The number of nitrogens with one attached hydrogen (secondary N) is 1. The average Bonchev–Trinajstić information content (AvgIpc) is 2.83. The standard InChI is InChI=1S/C16H31N3/c1-5-16(6-2)19-12-10-15(18-19)9-7-8-11-17-13-14(3)4/h10,12,14,16-17H,5-9,11,13H2,1-4H3. The van der Waals surface area contributed by atoms with Crippen molar-refractivity contribution in [1.82, 2.24) is 15.1 Å². The summed E-state index contributed by atoms with van der Waals surface area (Å²) in [5, 5.41) is 8.18. The molecule has 0 spiro atoms. The zero-order valence-corrected chi connectivity index (χ0v) is 13.2. The fraction of sp³-hybridized carbons (Fsp3) is 0.812. The molecular formula is C16H31N3. The third kappa shape index (κ3) is 6.24. The van der Waals surface area contributed by atoms with Crippen molar-refractivity contribution in [1.29, 1.82) is 0 Å². The molecule has 1 rings (SSSR count). The predicted molar refractivity (Wildman–Crippen MR) is 82.5 cm³/mol. The van der Waals surface area contributed by atoms with Crippen molar-refractivity contribution in [2.45, 2.75) is 65.8 Å². The smallest absolute Gasteiger partial charge is 0.0624 e. The molecule has 1 aromatic heterocycles. The Balaban J connectivity index is 2.19. The summed E-state index contributed by atoms with van der Waals surface area (Å²) in [5.41, 5.74) is 1.25. The molecule has 1 heterocycles. The van der Waals surface area contributed by atoms with Crippen molar-refractivity contribution in [3.63, 3.8) is 0 Å². The maximum atomic E-state index is 4.69. The lowest BCUT2D eigenvalue weighted by Gasteiger charge is -2.12. The van der Waals surface area contributed by atoms with Crippen LogP contribution in [-0.4, -0.2) is 22.9 Å². The normalized spacial score (nSPS) is 11.7. The highest BCUT2D eigenvalue weighted by atomic mass is 15.3. The van der Waals surface area contributed by atoms with Crippen molar-refractivity contribution in [2.24, 2.45) is 5.92 Å². The van der Waals surface area contributed by atoms with Crippen molar-refractivity contribution in [3.8, 4) is 0 Å². The summed E-state index contributed by atoms with van der Waals surface area (Å²) >= 11 is 0. The van der Waals surface area contributed by atoms with Gasteiger partial charge in [0.05, 0.1) is 11.7 Å². The first-order valence-electron chi connectivity index (χ1n) is 7.92. The van der Waals surface area contributed by atoms with Gasteiger partial charge in [-0.2, -0.15) is 5.10 Å². The van der Waals surface area contributed by atoms with Gasteiger partial charge in [-0.05, 0) is 57.2 Å². The van der Waals surface area contributed by atoms with Crippen molar-refractivity contribution < 1.29 is 0 Å². The van der Waals surface area contributed by atoms with E-state index in [0.29, 0.717) is 6.04 Å². The first kappa shape index (κ1) is 16.2. The van der Waals surface area contributed by atoms with Crippen LogP contribution in [0, 0.1) is 5.92 Å². The minimum Gasteiger partial charge on any atom is -0.316 e. The molecule has 0 atom stereocenters. The largest absolute Gasteiger partial charge is 0.316 e. The molecule has 0 amide bonds. The Bertz CT molecular complexity index is 326. The van der Waals surface area contributed by atoms with Crippen LogP contribution >= 0.6 is 0 Å². The van der Waals surface area contributed by atoms with E-state index in [-0.39, 0.29) is 0 Å². The summed E-state index contributed by atoms with van der Waals surface area (Å²) in [4.78, 5) is 0. The Kier molecular flexibility index (Phi) is 7.80. The van der Waals surface area contributed by atoms with Gasteiger partial charge in [-0.1, -0.05) is 27.7 Å². The Hall–Kier alpha value is -0.830. The fourth-order valence-corrected chi connectivity index (χ4v) is 2.32. The van der Waals surface area contributed by atoms with Gasteiger partial charge in [0.15, 0.2) is 0 Å². The van der Waals surface area contributed by atoms with E-state index in [1.54, 1.807) is 0 Å². The lowest BCUT2D eigenvalue weighted by molar-refractivity contribution is 0.425. The average molecular weight is 265 g/mol. The van der Waals surface area contributed by atoms with Crippen LogP contribution in [0.3, 0.4) is 0 Å². The van der Waals surface area contributed by atoms with Gasteiger partial charge in [0, 0.05) is 6.20 Å². The second-order valence-electron chi connectivity index (χ2n) is 5.81. The van der Waals surface area contributed by atoms with E-state index in [0.717, 1.165) is 38.3 Å². The Labute approximate surface area is 118 Å². The second kappa shape index (κ2) is 9.13. The number of aryl methyl sites for hydroxylation is 1. The van der Waals surface area contributed by atoms with Crippen molar-refractivity contribution in [3.05, 3.63) is 18.0 Å². The maximum absolute atomic E-state index is 4.69. The fourth-order valence-electron chi connectivity index (χ4n) is 2.32. The molecule has 19 heavy (non-hydrogen) atoms. The van der Waals surface area contributed by atoms with Gasteiger partial charge in [-0.25, -0.2) is 0 Å². The molecule has 0 radical (unpaired) electrons. The number of hydrogen-bond acceptors (Lipinski definition) is 2. The number of rotatable bonds is 10. The van der Waals surface area contributed by atoms with Gasteiger partial charge in [0.1, 0.15) is 0 Å². The molecule has 0 aliphatic heterocycles. The Morgan fingerprint density at radius 3 is 2.58 bits per heavy atom. The summed E-state index contributed by atoms with van der Waals surface area (Å²) in [6, 6.07) is 2.75. The molecule has 0 aromatic carbocycles. The van der Waals surface area contributed by atoms with Crippen LogP contribution < -0.4 is 5.32 Å². The molecule has 0 fully saturated rings. The van der Waals surface area contributed by atoms with Crippen molar-refractivity contribution in [2.75, 3.05) is 13.1 Å². The number of aromatic nitrogens is 2. The van der Waals surface area contributed by atoms with E-state index in [9.17, 15) is 0 Å². The Morgan fingerprint density at radius 2 is 1.95 bits per heavy atom. The molecule has 3 heteroatoms. The van der Waals surface area contributed by atoms with E-state index in [2.05, 4.69) is 50.0 Å². The summed E-state index contributed by atoms with van der Waals surface area (Å²) in [7, 11) is 0. The lowest BCUT2D eigenvalue weighted by atomic mass is 10.2. The molecule has 0 unspecified atom stereocenters. The molecule has 0 aliphatic rings. The predicted octanol–water partition coefficient (Wildman–Crippen LogP) is 3.81. The van der Waals surface area contributed by atoms with Crippen LogP contribution in [0.25, 0.3) is 0 Å². The third-order valence-electron chi connectivity index (χ3n) is 3.57. The third-order valence-corrected chi connectivity index (χ3v) is 3.57. The highest BCUT2D eigenvalue weighted by Crippen LogP contribution is 2.15. The second-order valence-corrected chi connectivity index (χ2v) is 5.81. The van der Waals surface area contributed by atoms with Gasteiger partial charge in [0.25, 0.3) is 0 Å². The summed E-state index contributed by atoms with van der Waals surface area (Å²) in [5.74, 6) is 0.746. The minimum atomic E-state index is 0.571. The topological polar surface area (TPSA) is 29.9 Å². The maximum Gasteiger partial charge on any atom is 0.0624 e. The Morgan fingerprint density at radius 1 is 1.21 bits per heavy atom. The highest BCUT2D eigenvalue weighted by Gasteiger charge is 2.07. The van der Waals surface area contributed by atoms with Gasteiger partial charge in [-0.15, -0.1) is 0 Å². The van der Waals surface area contributed by atoms with E-state index in [1.165, 1.54) is 18.5 Å². The summed E-state index contributed by atoms with van der Waals surface area (Å²) < 4.78 is 2.15. The molecule has 0 saturated carbocycles. The molecular weight excluding hydrogens is 234 g/mol. The number of hydrogen-bond donors (Lipinski definition) is 1. The number of nitrogens with zero attached hydrogens (tertiary/aromatic N) is 2. The first-order valence-corrected chi connectivity index (χ1v) is 7.92. The number of unbranched alkanes of at least 4 members (excludes halogenated alkanes) is 1. The molecule has 110 valence electrons. The van der Waals surface area contributed by atoms with E-state index < -0.39 is 0 Å². The monoisotopic (exact) mass is 265 g/mol. The summed E-state index contributed by atoms with van der Waals surface area (Å²) in [6.07, 6.45) is 8.05. The van der Waals surface area contributed by atoms with Crippen LogP contribution in [0.1, 0.15) is 65.1 Å². The van der Waals surface area contributed by atoms with Gasteiger partial charge >= 0.3 is 0 Å². The zero-order valence-electron chi connectivity index (χ0n) is 13.2. The SMILES string of the molecule is CCC(CC)n1ccc(CCCCNCC(C)C)n1.